The van der Waals surface area contributed by atoms with E-state index < -0.39 is 29.1 Å². The highest BCUT2D eigenvalue weighted by Gasteiger charge is 2.80. The van der Waals surface area contributed by atoms with E-state index in [4.69, 9.17) is 4.74 Å². The largest absolute Gasteiger partial charge is 0.461 e. The van der Waals surface area contributed by atoms with Crippen LogP contribution in [0.2, 0.25) is 0 Å². The van der Waals surface area contributed by atoms with E-state index in [1.807, 2.05) is 0 Å². The predicted molar refractivity (Wildman–Crippen MR) is 166 cm³/mol. The Morgan fingerprint density at radius 3 is 2.05 bits per heavy atom. The third-order valence-corrected chi connectivity index (χ3v) is 11.5. The van der Waals surface area contributed by atoms with Crippen LogP contribution in [-0.2, 0) is 14.3 Å². The van der Waals surface area contributed by atoms with Crippen molar-refractivity contribution in [2.75, 3.05) is 6.61 Å². The number of carbonyl (C=O) groups excluding carboxylic acids is 2. The third-order valence-electron chi connectivity index (χ3n) is 11.5. The topological polar surface area (TPSA) is 104 Å². The molecular formula is C36H58O6. The lowest BCUT2D eigenvalue weighted by atomic mass is 9.61. The third kappa shape index (κ3) is 6.06. The standard InChI is InChI=1S/C36H58O6/c1-6-7-8-9-10-11-12-13-14-15-16-17-18-19-29(37)42-23-26-21-27-24(2)20-28-30(34(28,4)5)35(33(27)40)22-25(3)31(38)36(35,41)32(26)39/h21-22,24,27-28,30-32,38-39,41H,6-20,23H2,1-5H3. The van der Waals surface area contributed by atoms with Crippen LogP contribution in [0.3, 0.4) is 0 Å². The highest BCUT2D eigenvalue weighted by atomic mass is 16.5. The summed E-state index contributed by atoms with van der Waals surface area (Å²) in [4.78, 5) is 26.9. The molecule has 0 aliphatic heterocycles. The average Bonchev–Trinajstić information content (AvgIpc) is 3.47. The Balaban J connectivity index is 1.27. The highest BCUT2D eigenvalue weighted by molar-refractivity contribution is 5.95. The molecule has 0 aromatic carbocycles. The maximum atomic E-state index is 14.3. The summed E-state index contributed by atoms with van der Waals surface area (Å²) >= 11 is 0. The number of carbonyl (C=O) groups is 2. The summed E-state index contributed by atoms with van der Waals surface area (Å²) in [5.41, 5.74) is -2.80. The van der Waals surface area contributed by atoms with Gasteiger partial charge in [0.05, 0.1) is 5.41 Å². The lowest BCUT2D eigenvalue weighted by molar-refractivity contribution is -0.187. The Bertz CT molecular complexity index is 1030. The molecule has 42 heavy (non-hydrogen) atoms. The number of aliphatic hydroxyl groups excluding tert-OH is 2. The van der Waals surface area contributed by atoms with Crippen LogP contribution in [0.4, 0.5) is 0 Å². The fourth-order valence-electron chi connectivity index (χ4n) is 8.93. The van der Waals surface area contributed by atoms with Crippen molar-refractivity contribution < 1.29 is 29.6 Å². The molecule has 2 bridgehead atoms. The van der Waals surface area contributed by atoms with Crippen molar-refractivity contribution in [2.24, 2.45) is 34.5 Å². The van der Waals surface area contributed by atoms with Crippen LogP contribution in [-0.4, -0.2) is 51.5 Å². The van der Waals surface area contributed by atoms with E-state index in [0.717, 1.165) is 25.7 Å². The van der Waals surface area contributed by atoms with Gasteiger partial charge in [-0.15, -0.1) is 0 Å². The summed E-state index contributed by atoms with van der Waals surface area (Å²) in [6.45, 7) is 10.1. The smallest absolute Gasteiger partial charge is 0.306 e. The number of rotatable bonds is 16. The molecule has 2 saturated carbocycles. The molecular weight excluding hydrogens is 528 g/mol. The van der Waals surface area contributed by atoms with E-state index >= 15 is 0 Å². The van der Waals surface area contributed by atoms with E-state index in [1.165, 1.54) is 64.2 Å². The summed E-state index contributed by atoms with van der Waals surface area (Å²) in [5.74, 6) is -0.893. The van der Waals surface area contributed by atoms with Crippen molar-refractivity contribution in [3.63, 3.8) is 0 Å². The minimum absolute atomic E-state index is 0.0173. The van der Waals surface area contributed by atoms with Crippen molar-refractivity contribution in [2.45, 2.75) is 149 Å². The highest BCUT2D eigenvalue weighted by Crippen LogP contribution is 2.75. The molecule has 6 heteroatoms. The lowest BCUT2D eigenvalue weighted by Crippen LogP contribution is -2.64. The quantitative estimate of drug-likeness (QED) is 0.104. The first kappa shape index (κ1) is 33.4. The molecule has 0 radical (unpaired) electrons. The van der Waals surface area contributed by atoms with E-state index in [2.05, 4.69) is 27.7 Å². The van der Waals surface area contributed by atoms with Gasteiger partial charge < -0.3 is 20.1 Å². The Morgan fingerprint density at radius 2 is 1.48 bits per heavy atom. The first-order chi connectivity index (χ1) is 19.9. The van der Waals surface area contributed by atoms with E-state index in [0.29, 0.717) is 17.6 Å². The number of ketones is 1. The molecule has 3 N–H and O–H groups in total. The van der Waals surface area contributed by atoms with Gasteiger partial charge in [-0.05, 0) is 54.1 Å². The predicted octanol–water partition coefficient (Wildman–Crippen LogP) is 6.85. The second-order valence-corrected chi connectivity index (χ2v) is 14.8. The van der Waals surface area contributed by atoms with Crippen LogP contribution in [0.1, 0.15) is 131 Å². The monoisotopic (exact) mass is 586 g/mol. The van der Waals surface area contributed by atoms with Crippen molar-refractivity contribution in [3.05, 3.63) is 23.3 Å². The van der Waals surface area contributed by atoms with Crippen LogP contribution in [0.5, 0.6) is 0 Å². The lowest BCUT2D eigenvalue weighted by Gasteiger charge is -2.46. The van der Waals surface area contributed by atoms with E-state index in [9.17, 15) is 24.9 Å². The summed E-state index contributed by atoms with van der Waals surface area (Å²) < 4.78 is 5.61. The molecule has 2 fully saturated rings. The number of ether oxygens (including phenoxy) is 1. The number of hydrogen-bond acceptors (Lipinski definition) is 6. The molecule has 0 heterocycles. The van der Waals surface area contributed by atoms with Crippen LogP contribution >= 0.6 is 0 Å². The summed E-state index contributed by atoms with van der Waals surface area (Å²) in [6, 6.07) is 0. The van der Waals surface area contributed by atoms with Crippen LogP contribution in [0, 0.1) is 34.5 Å². The molecule has 4 aliphatic carbocycles. The van der Waals surface area contributed by atoms with Crippen molar-refractivity contribution in [1.29, 1.82) is 0 Å². The molecule has 4 rings (SSSR count). The molecule has 0 aromatic heterocycles. The van der Waals surface area contributed by atoms with Gasteiger partial charge in [0.25, 0.3) is 0 Å². The molecule has 0 saturated heterocycles. The van der Waals surface area contributed by atoms with E-state index in [-0.39, 0.29) is 41.5 Å². The molecule has 4 aliphatic rings. The number of fused-ring (bicyclic) bond motifs is 2. The van der Waals surface area contributed by atoms with Gasteiger partial charge >= 0.3 is 5.97 Å². The van der Waals surface area contributed by atoms with Gasteiger partial charge in [-0.3, -0.25) is 9.59 Å². The van der Waals surface area contributed by atoms with Crippen LogP contribution < -0.4 is 0 Å². The number of aliphatic hydroxyl groups is 3. The number of esters is 1. The first-order valence-corrected chi connectivity index (χ1v) is 17.1. The molecule has 6 nitrogen and oxygen atoms in total. The van der Waals surface area contributed by atoms with Gasteiger partial charge in [-0.1, -0.05) is 117 Å². The fourth-order valence-corrected chi connectivity index (χ4v) is 8.93. The molecule has 0 amide bonds. The normalized spacial score (nSPS) is 36.3. The van der Waals surface area contributed by atoms with Gasteiger partial charge in [0, 0.05) is 12.3 Å². The molecule has 0 aromatic rings. The Labute approximate surface area is 254 Å². The summed E-state index contributed by atoms with van der Waals surface area (Å²) in [5, 5.41) is 35.1. The van der Waals surface area contributed by atoms with Gasteiger partial charge in [-0.2, -0.15) is 0 Å². The summed E-state index contributed by atoms with van der Waals surface area (Å²) in [7, 11) is 0. The van der Waals surface area contributed by atoms with E-state index in [1.54, 1.807) is 19.1 Å². The van der Waals surface area contributed by atoms with Gasteiger partial charge in [0.15, 0.2) is 5.78 Å². The summed E-state index contributed by atoms with van der Waals surface area (Å²) in [6.07, 6.45) is 17.8. The number of Topliss-reactive ketones (excluding diaryl/α,β-unsaturated/α-hetero) is 1. The van der Waals surface area contributed by atoms with Crippen molar-refractivity contribution >= 4 is 11.8 Å². The molecule has 8 unspecified atom stereocenters. The molecule has 8 atom stereocenters. The van der Waals surface area contributed by atoms with Gasteiger partial charge in [0.1, 0.15) is 24.4 Å². The Morgan fingerprint density at radius 1 is 0.929 bits per heavy atom. The SMILES string of the molecule is CCCCCCCCCCCCCCCC(=O)OCC1=CC2C(=O)C3(C=C(C)C(O)C3(O)C1O)C1C(CC2C)C1(C)C. The fraction of sp³-hybridized carbons (Fsp3) is 0.833. The maximum Gasteiger partial charge on any atom is 0.306 e. The molecule has 1 spiro atoms. The zero-order valence-electron chi connectivity index (χ0n) is 27.0. The molecule has 238 valence electrons. The van der Waals surface area contributed by atoms with Gasteiger partial charge in [0.2, 0.25) is 0 Å². The van der Waals surface area contributed by atoms with Crippen LogP contribution in [0.15, 0.2) is 23.3 Å². The first-order valence-electron chi connectivity index (χ1n) is 17.1. The number of allylic oxidation sites excluding steroid dienone is 1. The minimum Gasteiger partial charge on any atom is -0.461 e. The Kier molecular flexibility index (Phi) is 10.9. The second-order valence-electron chi connectivity index (χ2n) is 14.8. The maximum absolute atomic E-state index is 14.3. The zero-order valence-corrected chi connectivity index (χ0v) is 27.0. The van der Waals surface area contributed by atoms with Gasteiger partial charge in [-0.25, -0.2) is 0 Å². The Hall–Kier alpha value is -1.50. The number of unbranched alkanes of at least 4 members (excludes halogenated alkanes) is 12. The van der Waals surface area contributed by atoms with Crippen molar-refractivity contribution in [1.82, 2.24) is 0 Å². The zero-order chi connectivity index (χ0) is 30.7. The van der Waals surface area contributed by atoms with Crippen molar-refractivity contribution in [3.8, 4) is 0 Å². The average molecular weight is 587 g/mol. The second kappa shape index (κ2) is 13.6. The van der Waals surface area contributed by atoms with Crippen LogP contribution in [0.25, 0.3) is 0 Å². The number of hydrogen-bond donors (Lipinski definition) is 3. The minimum atomic E-state index is -2.09.